The molecule has 0 aromatic carbocycles. The molecule has 0 amide bonds. The number of aromatic nitrogens is 2. The van der Waals surface area contributed by atoms with Crippen molar-refractivity contribution in [2.45, 2.75) is 33.7 Å². The summed E-state index contributed by atoms with van der Waals surface area (Å²) in [6, 6.07) is 0.473. The predicted octanol–water partition coefficient (Wildman–Crippen LogP) is 2.82. The number of nitrogens with one attached hydrogen (secondary N) is 1. The van der Waals surface area contributed by atoms with Crippen LogP contribution in [0.3, 0.4) is 0 Å². The number of anilines is 1. The first kappa shape index (κ1) is 11.0. The molecule has 1 rings (SSSR count). The topological polar surface area (TPSA) is 37.8 Å². The lowest BCUT2D eigenvalue weighted by Crippen LogP contribution is -2.31. The van der Waals surface area contributed by atoms with Gasteiger partial charge in [0.25, 0.3) is 0 Å². The van der Waals surface area contributed by atoms with E-state index in [1.165, 1.54) is 0 Å². The number of rotatable bonds is 4. The van der Waals surface area contributed by atoms with Crippen LogP contribution in [0.1, 0.15) is 29.1 Å². The van der Waals surface area contributed by atoms with E-state index >= 15 is 0 Å². The fourth-order valence-electron chi connectivity index (χ4n) is 1.67. The maximum atomic E-state index is 3.98. The van der Waals surface area contributed by atoms with E-state index in [0.717, 1.165) is 5.69 Å². The summed E-state index contributed by atoms with van der Waals surface area (Å²) >= 11 is 0. The van der Waals surface area contributed by atoms with Gasteiger partial charge in [-0.1, -0.05) is 27.7 Å². The first-order valence-electron chi connectivity index (χ1n) is 5.12. The van der Waals surface area contributed by atoms with E-state index in [1.807, 2.05) is 12.4 Å². The Morgan fingerprint density at radius 3 is 2.00 bits per heavy atom. The van der Waals surface area contributed by atoms with Crippen molar-refractivity contribution in [3.8, 4) is 0 Å². The van der Waals surface area contributed by atoms with Gasteiger partial charge in [0, 0.05) is 7.47 Å². The predicted molar refractivity (Wildman–Crippen MR) is 61.2 cm³/mol. The Morgan fingerprint density at radius 2 is 1.57 bits per heavy atom. The average Bonchev–Trinajstić information content (AvgIpc) is 2.15. The normalized spacial score (nSPS) is 11.4. The van der Waals surface area contributed by atoms with Crippen LogP contribution in [0, 0.1) is 11.8 Å². The monoisotopic (exact) mass is 195 g/mol. The zero-order valence-corrected chi connectivity index (χ0v) is 9.36. The highest BCUT2D eigenvalue weighted by Gasteiger charge is 2.16. The second-order valence-corrected chi connectivity index (χ2v) is 4.29. The summed E-state index contributed by atoms with van der Waals surface area (Å²) in [4.78, 5) is 7.97. The molecule has 0 spiro atoms. The molecule has 0 unspecified atom stereocenters. The fraction of sp³-hybridized carbons (Fsp3) is 0.636. The van der Waals surface area contributed by atoms with Gasteiger partial charge in [0.05, 0.1) is 18.1 Å². The quantitative estimate of drug-likeness (QED) is 0.802. The van der Waals surface area contributed by atoms with Gasteiger partial charge in [-0.25, -0.2) is 9.97 Å². The molecule has 0 fully saturated rings. The van der Waals surface area contributed by atoms with Crippen LogP contribution in [-0.2, 0) is 0 Å². The van der Waals surface area contributed by atoms with E-state index in [1.54, 1.807) is 6.33 Å². The third-order valence-corrected chi connectivity index (χ3v) is 2.33. The van der Waals surface area contributed by atoms with Gasteiger partial charge in [0.15, 0.2) is 0 Å². The van der Waals surface area contributed by atoms with Crippen molar-refractivity contribution in [3.63, 3.8) is 0 Å². The number of hydrogen-bond acceptors (Lipinski definition) is 3. The summed E-state index contributed by atoms with van der Waals surface area (Å²) < 4.78 is 0. The van der Waals surface area contributed by atoms with Gasteiger partial charge in [0.2, 0.25) is 0 Å². The summed E-state index contributed by atoms with van der Waals surface area (Å²) in [6.07, 6.45) is 5.17. The molecular weight excluding hydrogens is 174 g/mol. The van der Waals surface area contributed by atoms with Crippen LogP contribution in [0.4, 0.5) is 5.69 Å². The van der Waals surface area contributed by atoms with Crippen LogP contribution in [0.15, 0.2) is 18.7 Å². The lowest BCUT2D eigenvalue weighted by molar-refractivity contribution is 0.413. The molecule has 0 saturated carbocycles. The molecule has 14 heavy (non-hydrogen) atoms. The van der Waals surface area contributed by atoms with Crippen LogP contribution in [0.5, 0.6) is 0 Å². The van der Waals surface area contributed by atoms with Crippen molar-refractivity contribution in [1.82, 2.24) is 9.97 Å². The molecule has 1 heterocycles. The second-order valence-electron chi connectivity index (χ2n) is 4.29. The molecule has 0 aliphatic heterocycles. The van der Waals surface area contributed by atoms with Crippen molar-refractivity contribution in [2.24, 2.45) is 11.8 Å². The zero-order chi connectivity index (χ0) is 10.6. The molecule has 1 aromatic rings. The largest absolute Gasteiger partial charge is 0.379 e. The van der Waals surface area contributed by atoms with Gasteiger partial charge in [-0.3, -0.25) is 0 Å². The fourth-order valence-corrected chi connectivity index (χ4v) is 1.67. The summed E-state index contributed by atoms with van der Waals surface area (Å²) in [5, 5.41) is 3.45. The van der Waals surface area contributed by atoms with Gasteiger partial charge in [-0.2, -0.15) is 0 Å². The lowest BCUT2D eigenvalue weighted by atomic mass is 9.93. The van der Waals surface area contributed by atoms with Gasteiger partial charge in [-0.05, 0) is 11.8 Å². The zero-order valence-electron chi connectivity index (χ0n) is 9.36. The molecule has 0 bridgehead atoms. The van der Waals surface area contributed by atoms with Crippen molar-refractivity contribution < 1.29 is 1.43 Å². The minimum absolute atomic E-state index is 0. The van der Waals surface area contributed by atoms with Crippen LogP contribution >= 0.6 is 0 Å². The smallest absolute Gasteiger partial charge is 0.115 e. The molecule has 3 heteroatoms. The van der Waals surface area contributed by atoms with Gasteiger partial charge in [-0.15, -0.1) is 0 Å². The number of hydrogen-bond donors (Lipinski definition) is 1. The third-order valence-electron chi connectivity index (χ3n) is 2.33. The summed E-state index contributed by atoms with van der Waals surface area (Å²) in [6.45, 7) is 8.89. The molecular formula is C11H21N3. The van der Waals surface area contributed by atoms with E-state index < -0.39 is 0 Å². The Bertz CT molecular complexity index is 254. The van der Waals surface area contributed by atoms with Gasteiger partial charge in [0.1, 0.15) is 6.33 Å². The van der Waals surface area contributed by atoms with Crippen LogP contribution in [-0.4, -0.2) is 16.0 Å². The highest BCUT2D eigenvalue weighted by Crippen LogP contribution is 2.17. The Morgan fingerprint density at radius 1 is 1.07 bits per heavy atom. The van der Waals surface area contributed by atoms with Crippen molar-refractivity contribution in [2.75, 3.05) is 5.32 Å². The van der Waals surface area contributed by atoms with Crippen molar-refractivity contribution in [3.05, 3.63) is 18.7 Å². The van der Waals surface area contributed by atoms with Crippen molar-refractivity contribution in [1.29, 1.82) is 0 Å². The molecule has 0 aliphatic carbocycles. The molecule has 1 N–H and O–H groups in total. The number of nitrogens with zero attached hydrogens (tertiary/aromatic N) is 2. The summed E-state index contributed by atoms with van der Waals surface area (Å²) in [7, 11) is 0. The molecule has 0 atom stereocenters. The van der Waals surface area contributed by atoms with E-state index in [9.17, 15) is 0 Å². The highest BCUT2D eigenvalue weighted by atomic mass is 15.0. The van der Waals surface area contributed by atoms with Crippen molar-refractivity contribution >= 4 is 5.69 Å². The standard InChI is InChI=1S/C11H19N3.H2/c1-8(2)11(9(3)4)14-10-5-12-7-13-6-10;/h5-9,11,14H,1-4H3;1H. The molecule has 80 valence electrons. The SMILES string of the molecule is CC(C)C(Nc1cncnc1)C(C)C.[HH]. The van der Waals surface area contributed by atoms with E-state index in [-0.39, 0.29) is 1.43 Å². The Labute approximate surface area is 87.5 Å². The molecule has 3 nitrogen and oxygen atoms in total. The molecule has 0 aliphatic rings. The Balaban J connectivity index is 0.00000196. The summed E-state index contributed by atoms with van der Waals surface area (Å²) in [5.41, 5.74) is 1.000. The van der Waals surface area contributed by atoms with Gasteiger partial charge < -0.3 is 5.32 Å². The van der Waals surface area contributed by atoms with Crippen LogP contribution in [0.25, 0.3) is 0 Å². The Hall–Kier alpha value is -1.12. The average molecular weight is 195 g/mol. The summed E-state index contributed by atoms with van der Waals surface area (Å²) in [5.74, 6) is 1.21. The van der Waals surface area contributed by atoms with E-state index in [0.29, 0.717) is 17.9 Å². The highest BCUT2D eigenvalue weighted by molar-refractivity contribution is 5.38. The van der Waals surface area contributed by atoms with E-state index in [2.05, 4.69) is 43.0 Å². The van der Waals surface area contributed by atoms with E-state index in [4.69, 9.17) is 0 Å². The van der Waals surface area contributed by atoms with Crippen LogP contribution in [0.2, 0.25) is 0 Å². The molecule has 0 saturated heterocycles. The van der Waals surface area contributed by atoms with Gasteiger partial charge >= 0.3 is 0 Å². The third kappa shape index (κ3) is 2.98. The molecule has 0 radical (unpaired) electrons. The lowest BCUT2D eigenvalue weighted by Gasteiger charge is -2.26. The Kier molecular flexibility index (Phi) is 3.86. The minimum atomic E-state index is 0. The van der Waals surface area contributed by atoms with Crippen LogP contribution < -0.4 is 5.32 Å². The maximum absolute atomic E-state index is 3.98. The first-order valence-corrected chi connectivity index (χ1v) is 5.12. The first-order chi connectivity index (χ1) is 6.61. The second kappa shape index (κ2) is 4.94. The molecule has 1 aromatic heterocycles. The minimum Gasteiger partial charge on any atom is -0.379 e. The maximum Gasteiger partial charge on any atom is 0.115 e.